The van der Waals surface area contributed by atoms with Gasteiger partial charge < -0.3 is 0 Å². The zero-order chi connectivity index (χ0) is 14.7. The van der Waals surface area contributed by atoms with Crippen molar-refractivity contribution in [1.82, 2.24) is 5.43 Å². The van der Waals surface area contributed by atoms with Crippen molar-refractivity contribution in [3.8, 4) is 0 Å². The molecule has 0 spiro atoms. The molecule has 2 aromatic carbocycles. The fourth-order valence-electron chi connectivity index (χ4n) is 2.17. The van der Waals surface area contributed by atoms with E-state index in [-0.39, 0.29) is 6.04 Å². The molecule has 0 radical (unpaired) electrons. The maximum absolute atomic E-state index is 13.7. The molecule has 0 aliphatic carbocycles. The summed E-state index contributed by atoms with van der Waals surface area (Å²) in [5.41, 5.74) is 4.84. The average molecular weight is 297 g/mol. The van der Waals surface area contributed by atoms with Crippen molar-refractivity contribution in [1.29, 1.82) is 0 Å². The van der Waals surface area contributed by atoms with Gasteiger partial charge in [-0.1, -0.05) is 29.8 Å². The molecular weight excluding hydrogens is 282 g/mol. The number of nitrogens with two attached hydrogens (primary N) is 1. The highest BCUT2D eigenvalue weighted by molar-refractivity contribution is 6.31. The molecule has 0 saturated carbocycles. The normalized spacial score (nSPS) is 12.4. The Morgan fingerprint density at radius 3 is 2.65 bits per heavy atom. The standard InChI is InChI=1S/C15H15ClF2N2/c1-9-12(3-2-4-13(9)16)15(20-19)7-10-5-6-11(17)8-14(10)18/h2-6,8,15,20H,7,19H2,1H3. The summed E-state index contributed by atoms with van der Waals surface area (Å²) in [6.07, 6.45) is 0.309. The maximum atomic E-state index is 13.7. The monoisotopic (exact) mass is 296 g/mol. The second-order valence-electron chi connectivity index (χ2n) is 4.61. The smallest absolute Gasteiger partial charge is 0.129 e. The Hall–Kier alpha value is -1.49. The molecule has 0 bridgehead atoms. The molecule has 0 fully saturated rings. The summed E-state index contributed by atoms with van der Waals surface area (Å²) in [4.78, 5) is 0. The number of hydrazine groups is 1. The lowest BCUT2D eigenvalue weighted by Gasteiger charge is -2.19. The number of hydrogen-bond acceptors (Lipinski definition) is 2. The van der Waals surface area contributed by atoms with Gasteiger partial charge in [-0.2, -0.15) is 0 Å². The van der Waals surface area contributed by atoms with E-state index < -0.39 is 11.6 Å². The van der Waals surface area contributed by atoms with Crippen molar-refractivity contribution in [3.05, 3.63) is 69.7 Å². The first kappa shape index (κ1) is 14.9. The minimum absolute atomic E-state index is 0.298. The van der Waals surface area contributed by atoms with E-state index in [9.17, 15) is 8.78 Å². The van der Waals surface area contributed by atoms with Crippen LogP contribution < -0.4 is 11.3 Å². The van der Waals surface area contributed by atoms with Crippen molar-refractivity contribution in [2.24, 2.45) is 5.84 Å². The Morgan fingerprint density at radius 2 is 2.00 bits per heavy atom. The zero-order valence-corrected chi connectivity index (χ0v) is 11.7. The molecule has 1 unspecified atom stereocenters. The molecular formula is C15H15ClF2N2. The SMILES string of the molecule is Cc1c(Cl)cccc1C(Cc1ccc(F)cc1F)NN. The first-order chi connectivity index (χ1) is 9.52. The largest absolute Gasteiger partial charge is 0.271 e. The predicted molar refractivity (Wildman–Crippen MR) is 76.3 cm³/mol. The van der Waals surface area contributed by atoms with Crippen LogP contribution in [0.3, 0.4) is 0 Å². The summed E-state index contributed by atoms with van der Waals surface area (Å²) in [6.45, 7) is 1.88. The minimum Gasteiger partial charge on any atom is -0.271 e. The van der Waals surface area contributed by atoms with Gasteiger partial charge in [-0.15, -0.1) is 0 Å². The highest BCUT2D eigenvalue weighted by atomic mass is 35.5. The molecule has 0 aliphatic rings. The van der Waals surface area contributed by atoms with E-state index in [0.29, 0.717) is 17.0 Å². The van der Waals surface area contributed by atoms with E-state index in [2.05, 4.69) is 5.43 Å². The molecule has 0 heterocycles. The predicted octanol–water partition coefficient (Wildman–Crippen LogP) is 3.67. The van der Waals surface area contributed by atoms with Crippen LogP contribution in [-0.4, -0.2) is 0 Å². The van der Waals surface area contributed by atoms with E-state index in [1.807, 2.05) is 19.1 Å². The molecule has 3 N–H and O–H groups in total. The number of halogens is 3. The third-order valence-electron chi connectivity index (χ3n) is 3.33. The Balaban J connectivity index is 2.31. The van der Waals surface area contributed by atoms with Gasteiger partial charge in [0.2, 0.25) is 0 Å². The third kappa shape index (κ3) is 3.15. The van der Waals surface area contributed by atoms with E-state index in [4.69, 9.17) is 17.4 Å². The summed E-state index contributed by atoms with van der Waals surface area (Å²) in [5.74, 6) is 4.39. The molecule has 5 heteroatoms. The topological polar surface area (TPSA) is 38.0 Å². The van der Waals surface area contributed by atoms with Crippen LogP contribution in [0.15, 0.2) is 36.4 Å². The lowest BCUT2D eigenvalue weighted by molar-refractivity contribution is 0.520. The molecule has 2 nitrogen and oxygen atoms in total. The highest BCUT2D eigenvalue weighted by Crippen LogP contribution is 2.27. The molecule has 20 heavy (non-hydrogen) atoms. The van der Waals surface area contributed by atoms with Gasteiger partial charge in [0.15, 0.2) is 0 Å². The van der Waals surface area contributed by atoms with Gasteiger partial charge in [-0.25, -0.2) is 8.78 Å². The van der Waals surface area contributed by atoms with Crippen LogP contribution in [0.1, 0.15) is 22.7 Å². The lowest BCUT2D eigenvalue weighted by atomic mass is 9.95. The molecule has 106 valence electrons. The number of rotatable bonds is 4. The van der Waals surface area contributed by atoms with Gasteiger partial charge in [0.05, 0.1) is 6.04 Å². The Labute approximate surface area is 121 Å². The van der Waals surface area contributed by atoms with E-state index in [0.717, 1.165) is 17.2 Å². The van der Waals surface area contributed by atoms with Gasteiger partial charge >= 0.3 is 0 Å². The van der Waals surface area contributed by atoms with Gasteiger partial charge in [-0.05, 0) is 42.2 Å². The van der Waals surface area contributed by atoms with Crippen LogP contribution in [0.25, 0.3) is 0 Å². The Kier molecular flexibility index (Phi) is 4.70. The molecule has 0 saturated heterocycles. The van der Waals surface area contributed by atoms with Crippen LogP contribution in [0.4, 0.5) is 8.78 Å². The van der Waals surface area contributed by atoms with Crippen LogP contribution in [0, 0.1) is 18.6 Å². The van der Waals surface area contributed by atoms with Crippen molar-refractivity contribution in [3.63, 3.8) is 0 Å². The van der Waals surface area contributed by atoms with Crippen molar-refractivity contribution >= 4 is 11.6 Å². The molecule has 2 rings (SSSR count). The molecule has 2 aromatic rings. The van der Waals surface area contributed by atoms with Crippen LogP contribution in [0.2, 0.25) is 5.02 Å². The van der Waals surface area contributed by atoms with Gasteiger partial charge in [0.25, 0.3) is 0 Å². The summed E-state index contributed by atoms with van der Waals surface area (Å²) < 4.78 is 26.6. The number of hydrogen-bond donors (Lipinski definition) is 2. The summed E-state index contributed by atoms with van der Waals surface area (Å²) >= 11 is 6.08. The number of nitrogens with one attached hydrogen (secondary N) is 1. The van der Waals surface area contributed by atoms with E-state index in [1.165, 1.54) is 12.1 Å². The number of benzene rings is 2. The average Bonchev–Trinajstić information content (AvgIpc) is 2.42. The first-order valence-corrected chi connectivity index (χ1v) is 6.55. The molecule has 0 aliphatic heterocycles. The molecule has 0 aromatic heterocycles. The molecule has 1 atom stereocenters. The quantitative estimate of drug-likeness (QED) is 0.667. The zero-order valence-electron chi connectivity index (χ0n) is 11.0. The van der Waals surface area contributed by atoms with Crippen LogP contribution in [0.5, 0.6) is 0 Å². The van der Waals surface area contributed by atoms with Crippen LogP contribution in [-0.2, 0) is 6.42 Å². The van der Waals surface area contributed by atoms with Crippen molar-refractivity contribution in [2.75, 3.05) is 0 Å². The van der Waals surface area contributed by atoms with Gasteiger partial charge in [0.1, 0.15) is 11.6 Å². The second kappa shape index (κ2) is 6.31. The second-order valence-corrected chi connectivity index (χ2v) is 5.02. The van der Waals surface area contributed by atoms with Gasteiger partial charge in [-0.3, -0.25) is 11.3 Å². The minimum atomic E-state index is -0.595. The molecule has 0 amide bonds. The fraction of sp³-hybridized carbons (Fsp3) is 0.200. The maximum Gasteiger partial charge on any atom is 0.129 e. The van der Waals surface area contributed by atoms with E-state index in [1.54, 1.807) is 6.07 Å². The lowest BCUT2D eigenvalue weighted by Crippen LogP contribution is -2.30. The van der Waals surface area contributed by atoms with Gasteiger partial charge in [0, 0.05) is 11.1 Å². The third-order valence-corrected chi connectivity index (χ3v) is 3.73. The first-order valence-electron chi connectivity index (χ1n) is 6.18. The highest BCUT2D eigenvalue weighted by Gasteiger charge is 2.16. The Bertz CT molecular complexity index is 617. The Morgan fingerprint density at radius 1 is 1.25 bits per heavy atom. The van der Waals surface area contributed by atoms with Crippen molar-refractivity contribution in [2.45, 2.75) is 19.4 Å². The van der Waals surface area contributed by atoms with Crippen LogP contribution >= 0.6 is 11.6 Å². The summed E-state index contributed by atoms with van der Waals surface area (Å²) in [5, 5.41) is 0.627. The fourth-order valence-corrected chi connectivity index (χ4v) is 2.35. The van der Waals surface area contributed by atoms with Crippen molar-refractivity contribution < 1.29 is 8.78 Å². The summed E-state index contributed by atoms with van der Waals surface area (Å²) in [6, 6.07) is 8.71. The van der Waals surface area contributed by atoms with E-state index >= 15 is 0 Å². The summed E-state index contributed by atoms with van der Waals surface area (Å²) in [7, 11) is 0.